The molecule has 0 fully saturated rings. The van der Waals surface area contributed by atoms with E-state index in [1.54, 1.807) is 0 Å². The third kappa shape index (κ3) is 10.3. The molecule has 13 heavy (non-hydrogen) atoms. The Labute approximate surface area is 86.4 Å². The molecule has 0 unspecified atom stereocenters. The Morgan fingerprint density at radius 3 is 1.38 bits per heavy atom. The summed E-state index contributed by atoms with van der Waals surface area (Å²) in [6.07, 6.45) is 2.83. The lowest BCUT2D eigenvalue weighted by Crippen LogP contribution is -2.05. The van der Waals surface area contributed by atoms with Gasteiger partial charge in [-0.15, -0.1) is 7.92 Å². The van der Waals surface area contributed by atoms with Gasteiger partial charge in [0.05, 0.1) is 0 Å². The summed E-state index contributed by atoms with van der Waals surface area (Å²) < 4.78 is 0. The largest absolute Gasteiger partial charge is 0.323 e. The fourth-order valence-corrected chi connectivity index (χ4v) is 4.11. The van der Waals surface area contributed by atoms with Crippen molar-refractivity contribution in [2.45, 2.75) is 52.4 Å². The van der Waals surface area contributed by atoms with Crippen LogP contribution in [-0.2, 0) is 0 Å². The van der Waals surface area contributed by atoms with Crippen molar-refractivity contribution in [2.75, 3.05) is 20.3 Å². The highest BCUT2D eigenvalue weighted by Crippen LogP contribution is 2.45. The smallest absolute Gasteiger partial charge is 0.0167 e. The van der Waals surface area contributed by atoms with Crippen molar-refractivity contribution in [1.82, 2.24) is 5.32 Å². The molecule has 0 aromatic rings. The average molecular weight is 205 g/mol. The Morgan fingerprint density at radius 1 is 1.00 bits per heavy atom. The second-order valence-corrected chi connectivity index (χ2v) is 7.47. The lowest BCUT2D eigenvalue weighted by molar-refractivity contribution is 0.972. The molecule has 0 aliphatic heterocycles. The van der Waals surface area contributed by atoms with Gasteiger partial charge >= 0.3 is 0 Å². The van der Waals surface area contributed by atoms with Gasteiger partial charge in [0.2, 0.25) is 0 Å². The maximum Gasteiger partial charge on any atom is -0.0167 e. The van der Waals surface area contributed by atoms with Crippen LogP contribution in [0.2, 0.25) is 0 Å². The second-order valence-electron chi connectivity index (χ2n) is 3.93. The summed E-state index contributed by atoms with van der Waals surface area (Å²) >= 11 is 0. The molecule has 0 aliphatic carbocycles. The van der Waals surface area contributed by atoms with Gasteiger partial charge in [0.1, 0.15) is 0 Å². The maximum absolute atomic E-state index is 2.75. The molecule has 0 amide bonds. The first kappa shape index (κ1) is 15.8. The van der Waals surface area contributed by atoms with Crippen LogP contribution in [0.5, 0.6) is 0 Å². The standard InChI is InChI=1S/C9H21P.C2H7N/c1-6-7-10(8(2)3)9(4)5;1-3-2/h8-9H,6-7H2,1-5H3;3H,1-2H3. The number of hydrogen-bond donors (Lipinski definition) is 1. The van der Waals surface area contributed by atoms with Gasteiger partial charge in [-0.2, -0.15) is 0 Å². The molecule has 0 aromatic heterocycles. The third-order valence-corrected chi connectivity index (χ3v) is 5.43. The first-order valence-corrected chi connectivity index (χ1v) is 7.01. The molecular formula is C11H28NP. The van der Waals surface area contributed by atoms with Crippen LogP contribution in [0.15, 0.2) is 0 Å². The zero-order valence-corrected chi connectivity index (χ0v) is 11.4. The fourth-order valence-electron chi connectivity index (χ4n) is 1.37. The van der Waals surface area contributed by atoms with Crippen molar-refractivity contribution in [3.8, 4) is 0 Å². The summed E-state index contributed by atoms with van der Waals surface area (Å²) in [7, 11) is 4.07. The molecule has 0 aliphatic rings. The SMILES string of the molecule is CCCP(C(C)C)C(C)C.CNC. The van der Waals surface area contributed by atoms with E-state index in [2.05, 4.69) is 39.9 Å². The highest BCUT2D eigenvalue weighted by molar-refractivity contribution is 7.59. The lowest BCUT2D eigenvalue weighted by Gasteiger charge is -2.24. The van der Waals surface area contributed by atoms with E-state index in [1.165, 1.54) is 12.6 Å². The van der Waals surface area contributed by atoms with E-state index in [0.717, 1.165) is 11.3 Å². The van der Waals surface area contributed by atoms with Gasteiger partial charge in [0.25, 0.3) is 0 Å². The van der Waals surface area contributed by atoms with E-state index in [9.17, 15) is 0 Å². The Morgan fingerprint density at radius 2 is 1.31 bits per heavy atom. The van der Waals surface area contributed by atoms with Crippen molar-refractivity contribution >= 4 is 7.92 Å². The van der Waals surface area contributed by atoms with Crippen LogP contribution in [0.25, 0.3) is 0 Å². The monoisotopic (exact) mass is 205 g/mol. The summed E-state index contributed by atoms with van der Waals surface area (Å²) in [5, 5.41) is 2.75. The second kappa shape index (κ2) is 10.5. The van der Waals surface area contributed by atoms with Gasteiger partial charge in [-0.25, -0.2) is 0 Å². The molecule has 0 bridgehead atoms. The van der Waals surface area contributed by atoms with E-state index in [0.29, 0.717) is 7.92 Å². The summed E-state index contributed by atoms with van der Waals surface area (Å²) in [5.74, 6) is 0. The molecule has 2 heteroatoms. The third-order valence-electron chi connectivity index (χ3n) is 1.81. The van der Waals surface area contributed by atoms with Gasteiger partial charge in [-0.3, -0.25) is 0 Å². The van der Waals surface area contributed by atoms with Gasteiger partial charge in [-0.05, 0) is 31.6 Å². The first-order valence-electron chi connectivity index (χ1n) is 5.35. The normalized spacial score (nSPS) is 10.6. The van der Waals surface area contributed by atoms with Crippen LogP contribution >= 0.6 is 7.92 Å². The summed E-state index contributed by atoms with van der Waals surface area (Å²) in [5.41, 5.74) is 1.85. The van der Waals surface area contributed by atoms with Crippen LogP contribution in [0.4, 0.5) is 0 Å². The minimum absolute atomic E-state index is 0.321. The molecule has 0 atom stereocenters. The number of rotatable bonds is 4. The maximum atomic E-state index is 2.75. The van der Waals surface area contributed by atoms with E-state index < -0.39 is 0 Å². The van der Waals surface area contributed by atoms with Crippen LogP contribution in [0.3, 0.4) is 0 Å². The molecule has 0 rings (SSSR count). The highest BCUT2D eigenvalue weighted by Gasteiger charge is 2.14. The molecule has 82 valence electrons. The van der Waals surface area contributed by atoms with Gasteiger partial charge < -0.3 is 5.32 Å². The fraction of sp³-hybridized carbons (Fsp3) is 1.00. The molecular weight excluding hydrogens is 177 g/mol. The quantitative estimate of drug-likeness (QED) is 0.692. The molecule has 0 aromatic carbocycles. The first-order chi connectivity index (χ1) is 6.01. The van der Waals surface area contributed by atoms with Gasteiger partial charge in [-0.1, -0.05) is 41.0 Å². The highest BCUT2D eigenvalue weighted by atomic mass is 31.1. The molecule has 0 heterocycles. The minimum Gasteiger partial charge on any atom is -0.323 e. The van der Waals surface area contributed by atoms with Crippen LogP contribution in [0.1, 0.15) is 41.0 Å². The van der Waals surface area contributed by atoms with Crippen LogP contribution in [-0.4, -0.2) is 31.6 Å². The van der Waals surface area contributed by atoms with Crippen LogP contribution in [0, 0.1) is 0 Å². The summed E-state index contributed by atoms with van der Waals surface area (Å²) in [4.78, 5) is 0. The van der Waals surface area contributed by atoms with Crippen molar-refractivity contribution < 1.29 is 0 Å². The predicted octanol–water partition coefficient (Wildman–Crippen LogP) is 3.53. The number of nitrogens with one attached hydrogen (secondary N) is 1. The van der Waals surface area contributed by atoms with E-state index >= 15 is 0 Å². The van der Waals surface area contributed by atoms with Crippen molar-refractivity contribution in [3.05, 3.63) is 0 Å². The van der Waals surface area contributed by atoms with Crippen molar-refractivity contribution in [2.24, 2.45) is 0 Å². The van der Waals surface area contributed by atoms with Crippen molar-refractivity contribution in [1.29, 1.82) is 0 Å². The van der Waals surface area contributed by atoms with E-state index in [1.807, 2.05) is 14.1 Å². The molecule has 0 saturated carbocycles. The van der Waals surface area contributed by atoms with E-state index in [4.69, 9.17) is 0 Å². The number of hydrogen-bond acceptors (Lipinski definition) is 1. The Balaban J connectivity index is 0. The predicted molar refractivity (Wildman–Crippen MR) is 67.3 cm³/mol. The van der Waals surface area contributed by atoms with E-state index in [-0.39, 0.29) is 0 Å². The molecule has 0 radical (unpaired) electrons. The lowest BCUT2D eigenvalue weighted by atomic mass is 10.5. The summed E-state index contributed by atoms with van der Waals surface area (Å²) in [6.45, 7) is 11.7. The molecule has 1 nitrogen and oxygen atoms in total. The zero-order valence-electron chi connectivity index (χ0n) is 10.5. The molecule has 1 N–H and O–H groups in total. The van der Waals surface area contributed by atoms with Crippen LogP contribution < -0.4 is 5.32 Å². The van der Waals surface area contributed by atoms with Gasteiger partial charge in [0, 0.05) is 0 Å². The Bertz CT molecular complexity index is 84.1. The Kier molecular flexibility index (Phi) is 12.8. The average Bonchev–Trinajstić information content (AvgIpc) is 2.00. The topological polar surface area (TPSA) is 12.0 Å². The zero-order chi connectivity index (χ0) is 10.9. The molecule has 0 saturated heterocycles. The Hall–Kier alpha value is 0.390. The van der Waals surface area contributed by atoms with Gasteiger partial charge in [0.15, 0.2) is 0 Å². The minimum atomic E-state index is 0.321. The summed E-state index contributed by atoms with van der Waals surface area (Å²) in [6, 6.07) is 0. The van der Waals surface area contributed by atoms with Crippen molar-refractivity contribution in [3.63, 3.8) is 0 Å². The molecule has 0 spiro atoms.